The summed E-state index contributed by atoms with van der Waals surface area (Å²) in [6.45, 7) is 3.60. The van der Waals surface area contributed by atoms with Gasteiger partial charge in [0, 0.05) is 36.9 Å². The number of nitrogens with zero attached hydrogens (tertiary/aromatic N) is 3. The second-order valence-electron chi connectivity index (χ2n) is 10.8. The van der Waals surface area contributed by atoms with Crippen molar-refractivity contribution in [3.8, 4) is 0 Å². The molecule has 4 rings (SSSR count). The van der Waals surface area contributed by atoms with Crippen molar-refractivity contribution in [1.29, 1.82) is 0 Å². The first-order valence-electron chi connectivity index (χ1n) is 12.8. The number of thiophene rings is 1. The van der Waals surface area contributed by atoms with Crippen LogP contribution in [-0.2, 0) is 19.1 Å². The number of hydrogen-bond donors (Lipinski definition) is 3. The number of amides is 3. The fraction of sp³-hybridized carbons (Fsp3) is 0.538. The Morgan fingerprint density at radius 1 is 1.34 bits per heavy atom. The second-order valence-corrected chi connectivity index (χ2v) is 12.2. The van der Waals surface area contributed by atoms with Crippen molar-refractivity contribution < 1.29 is 32.3 Å². The van der Waals surface area contributed by atoms with E-state index in [1.165, 1.54) is 37.2 Å². The molecule has 10 nitrogen and oxygen atoms in total. The molecule has 1 aromatic rings. The number of dihydropyridines is 1. The van der Waals surface area contributed by atoms with Gasteiger partial charge in [0.1, 0.15) is 23.6 Å². The molecule has 3 aliphatic rings. The third-order valence-corrected chi connectivity index (χ3v) is 8.77. The number of fused-ring (bicyclic) bond motifs is 1. The number of allylic oxidation sites excluding steroid dienone is 2. The monoisotopic (exact) mass is 616 g/mol. The number of carbonyl (C=O) groups is 3. The maximum absolute atomic E-state index is 14.2. The Morgan fingerprint density at radius 2 is 2.05 bits per heavy atom. The summed E-state index contributed by atoms with van der Waals surface area (Å²) in [6.07, 6.45) is 0.956. The Morgan fingerprint density at radius 3 is 2.59 bits per heavy atom. The highest BCUT2D eigenvalue weighted by atomic mass is 35.5. The number of rotatable bonds is 8. The lowest BCUT2D eigenvalue weighted by molar-refractivity contribution is -0.187. The minimum absolute atomic E-state index is 0.0415. The van der Waals surface area contributed by atoms with Crippen LogP contribution in [0.5, 0.6) is 0 Å². The van der Waals surface area contributed by atoms with Crippen LogP contribution in [0, 0.1) is 5.41 Å². The van der Waals surface area contributed by atoms with Crippen molar-refractivity contribution in [2.45, 2.75) is 63.1 Å². The number of nitrogens with two attached hydrogens (primary N) is 1. The average Bonchev–Trinajstić information content (AvgIpc) is 3.47. The first-order valence-corrected chi connectivity index (χ1v) is 14.1. The number of hydrogen-bond acceptors (Lipinski definition) is 8. The second kappa shape index (κ2) is 11.4. The molecule has 224 valence electrons. The molecule has 0 aliphatic carbocycles. The number of methoxy groups -OCH3 is 1. The van der Waals surface area contributed by atoms with Crippen LogP contribution in [0.2, 0.25) is 5.02 Å². The number of hydrazone groups is 1. The average molecular weight is 617 g/mol. The van der Waals surface area contributed by atoms with E-state index in [1.54, 1.807) is 35.9 Å². The van der Waals surface area contributed by atoms with Gasteiger partial charge in [0.2, 0.25) is 11.8 Å². The summed E-state index contributed by atoms with van der Waals surface area (Å²) in [5.74, 6) is -2.09. The van der Waals surface area contributed by atoms with Crippen molar-refractivity contribution in [1.82, 2.24) is 20.5 Å². The van der Waals surface area contributed by atoms with E-state index in [9.17, 15) is 27.6 Å². The third-order valence-electron chi connectivity index (χ3n) is 7.42. The van der Waals surface area contributed by atoms with Crippen LogP contribution < -0.4 is 16.4 Å². The van der Waals surface area contributed by atoms with E-state index in [1.807, 2.05) is 0 Å². The summed E-state index contributed by atoms with van der Waals surface area (Å²) in [5, 5.41) is 12.4. The summed E-state index contributed by atoms with van der Waals surface area (Å²) < 4.78 is 46.8. The van der Waals surface area contributed by atoms with Gasteiger partial charge in [0.25, 0.3) is 5.91 Å². The number of ether oxygens (including phenoxy) is 1. The predicted molar refractivity (Wildman–Crippen MR) is 148 cm³/mol. The summed E-state index contributed by atoms with van der Waals surface area (Å²) >= 11 is 7.35. The van der Waals surface area contributed by atoms with Crippen LogP contribution >= 0.6 is 22.9 Å². The van der Waals surface area contributed by atoms with Gasteiger partial charge in [-0.05, 0) is 39.1 Å². The predicted octanol–water partition coefficient (Wildman–Crippen LogP) is 2.72. The van der Waals surface area contributed by atoms with Gasteiger partial charge in [-0.1, -0.05) is 23.8 Å². The van der Waals surface area contributed by atoms with Gasteiger partial charge in [-0.2, -0.15) is 18.3 Å². The zero-order valence-corrected chi connectivity index (χ0v) is 24.4. The van der Waals surface area contributed by atoms with Crippen molar-refractivity contribution in [3.63, 3.8) is 0 Å². The first kappa shape index (κ1) is 31.0. The van der Waals surface area contributed by atoms with Crippen molar-refractivity contribution >= 4 is 46.4 Å². The number of alkyl halides is 3. The van der Waals surface area contributed by atoms with E-state index in [-0.39, 0.29) is 25.2 Å². The van der Waals surface area contributed by atoms with Gasteiger partial charge in [-0.3, -0.25) is 14.4 Å². The topological polar surface area (TPSA) is 129 Å². The van der Waals surface area contributed by atoms with E-state index in [4.69, 9.17) is 22.1 Å². The van der Waals surface area contributed by atoms with Gasteiger partial charge in [0.05, 0.1) is 22.3 Å². The Labute approximate surface area is 244 Å². The van der Waals surface area contributed by atoms with Crippen LogP contribution in [-0.4, -0.2) is 83.4 Å². The SMILES string of the molecule is COC(c1cc(Cl)cs1)C(NC(=O)C(C)(C)N)C(=O)N1CCC2=NN([C@H](C)C(F)(F)F)C(=O)[C@]2(C2C=CC=CN2)C1. The molecule has 0 aromatic carbocycles. The minimum atomic E-state index is -4.71. The normalized spacial score (nSPS) is 24.9. The van der Waals surface area contributed by atoms with Crippen LogP contribution in [0.3, 0.4) is 0 Å². The number of nitrogens with one attached hydrogen (secondary N) is 2. The van der Waals surface area contributed by atoms with Crippen molar-refractivity contribution in [2.24, 2.45) is 16.3 Å². The highest BCUT2D eigenvalue weighted by Crippen LogP contribution is 2.43. The Balaban J connectivity index is 1.73. The fourth-order valence-electron chi connectivity index (χ4n) is 5.08. The van der Waals surface area contributed by atoms with Gasteiger partial charge < -0.3 is 26.0 Å². The third kappa shape index (κ3) is 5.87. The summed E-state index contributed by atoms with van der Waals surface area (Å²) in [4.78, 5) is 43.0. The summed E-state index contributed by atoms with van der Waals surface area (Å²) in [7, 11) is 1.38. The molecule has 15 heteroatoms. The van der Waals surface area contributed by atoms with Crippen LogP contribution in [0.25, 0.3) is 0 Å². The van der Waals surface area contributed by atoms with Crippen LogP contribution in [0.15, 0.2) is 41.0 Å². The lowest BCUT2D eigenvalue weighted by atomic mass is 9.71. The maximum atomic E-state index is 14.2. The zero-order valence-electron chi connectivity index (χ0n) is 22.9. The Kier molecular flexibility index (Phi) is 8.61. The Hall–Kier alpha value is -2.94. The number of piperidine rings is 1. The molecule has 3 aliphatic heterocycles. The fourth-order valence-corrected chi connectivity index (χ4v) is 6.28. The van der Waals surface area contributed by atoms with E-state index in [0.717, 1.165) is 6.92 Å². The largest absolute Gasteiger partial charge is 0.410 e. The molecule has 4 N–H and O–H groups in total. The van der Waals surface area contributed by atoms with Crippen molar-refractivity contribution in [3.05, 3.63) is 45.8 Å². The lowest BCUT2D eigenvalue weighted by Crippen LogP contribution is -2.65. The van der Waals surface area contributed by atoms with E-state index < -0.39 is 59.1 Å². The van der Waals surface area contributed by atoms with Crippen LogP contribution in [0.4, 0.5) is 13.2 Å². The molecule has 1 saturated heterocycles. The van der Waals surface area contributed by atoms with E-state index in [0.29, 0.717) is 14.9 Å². The van der Waals surface area contributed by atoms with Gasteiger partial charge in [-0.25, -0.2) is 5.01 Å². The zero-order chi connectivity index (χ0) is 30.3. The highest BCUT2D eigenvalue weighted by Gasteiger charge is 2.61. The molecule has 0 bridgehead atoms. The van der Waals surface area contributed by atoms with Gasteiger partial charge in [-0.15, -0.1) is 11.3 Å². The van der Waals surface area contributed by atoms with E-state index in [2.05, 4.69) is 15.7 Å². The maximum Gasteiger partial charge on any atom is 0.410 e. The molecule has 41 heavy (non-hydrogen) atoms. The van der Waals surface area contributed by atoms with Crippen LogP contribution in [0.1, 0.15) is 38.2 Å². The summed E-state index contributed by atoms with van der Waals surface area (Å²) in [5.41, 5.74) is 3.30. The lowest BCUT2D eigenvalue weighted by Gasteiger charge is -2.45. The highest BCUT2D eigenvalue weighted by molar-refractivity contribution is 7.10. The van der Waals surface area contributed by atoms with E-state index >= 15 is 0 Å². The molecule has 5 atom stereocenters. The molecular formula is C26H32ClF3N6O4S. The quantitative estimate of drug-likeness (QED) is 0.412. The first-order chi connectivity index (χ1) is 19.1. The molecule has 1 fully saturated rings. The van der Waals surface area contributed by atoms with Crippen molar-refractivity contribution in [2.75, 3.05) is 20.2 Å². The molecule has 3 unspecified atom stereocenters. The molecule has 0 radical (unpaired) electrons. The molecule has 4 heterocycles. The molecule has 0 saturated carbocycles. The Bertz CT molecular complexity index is 1290. The molecule has 1 aromatic heterocycles. The number of carbonyl (C=O) groups excluding carboxylic acids is 3. The summed E-state index contributed by atoms with van der Waals surface area (Å²) in [6, 6.07) is -2.61. The number of halogens is 4. The van der Waals surface area contributed by atoms with Gasteiger partial charge >= 0.3 is 6.18 Å². The smallest absolute Gasteiger partial charge is 0.383 e. The molecular weight excluding hydrogens is 585 g/mol. The molecule has 3 amide bonds. The number of likely N-dealkylation sites (tertiary alicyclic amines) is 1. The minimum Gasteiger partial charge on any atom is -0.383 e. The standard InChI is InChI=1S/C26H32ClF3N6O4S/c1-14(26(28,29)30)36-23(39)25(17-7-5-6-9-32-17)13-35(10-8-18(25)34-36)21(37)19(33-22(38)24(2,3)31)20(40-4)16-11-15(27)12-41-16/h5-7,9,11-12,14,17,19-20,32H,8,10,13,31H2,1-4H3,(H,33,38)/t14-,17?,19?,20?,25+/m1/s1. The van der Waals surface area contributed by atoms with Gasteiger partial charge in [0.15, 0.2) is 0 Å². The molecule has 0 spiro atoms.